The Hall–Kier alpha value is -3.17. The van der Waals surface area contributed by atoms with Crippen molar-refractivity contribution < 1.29 is 22.4 Å². The largest absolute Gasteiger partial charge is 0.493 e. The summed E-state index contributed by atoms with van der Waals surface area (Å²) < 4.78 is 35.9. The van der Waals surface area contributed by atoms with Crippen LogP contribution in [0.4, 0.5) is 5.13 Å². The van der Waals surface area contributed by atoms with Crippen LogP contribution in [0.25, 0.3) is 26.8 Å². The van der Waals surface area contributed by atoms with Gasteiger partial charge in [0.15, 0.2) is 15.0 Å². The number of carbonyl (C=O) groups is 1. The molecule has 2 aromatic carbocycles. The van der Waals surface area contributed by atoms with Gasteiger partial charge in [0.05, 0.1) is 21.7 Å². The first-order valence-corrected chi connectivity index (χ1v) is 13.0. The van der Waals surface area contributed by atoms with Crippen molar-refractivity contribution in [1.82, 2.24) is 4.98 Å². The van der Waals surface area contributed by atoms with Crippen LogP contribution in [0.15, 0.2) is 45.7 Å². The average Bonchev–Trinajstić information content (AvgIpc) is 3.25. The number of amides is 1. The molecule has 0 unspecified atom stereocenters. The van der Waals surface area contributed by atoms with Crippen LogP contribution in [0.1, 0.15) is 30.7 Å². The average molecular weight is 485 g/mol. The van der Waals surface area contributed by atoms with Gasteiger partial charge >= 0.3 is 0 Å². The number of sulfone groups is 1. The predicted molar refractivity (Wildman–Crippen MR) is 132 cm³/mol. The van der Waals surface area contributed by atoms with Gasteiger partial charge in [0, 0.05) is 29.3 Å². The van der Waals surface area contributed by atoms with Crippen molar-refractivity contribution in [3.05, 3.63) is 53.3 Å². The number of benzene rings is 2. The highest BCUT2D eigenvalue weighted by molar-refractivity contribution is 7.90. The van der Waals surface area contributed by atoms with Crippen LogP contribution < -0.4 is 10.1 Å². The van der Waals surface area contributed by atoms with E-state index in [-0.39, 0.29) is 10.8 Å². The zero-order chi connectivity index (χ0) is 23.9. The molecule has 0 radical (unpaired) electrons. The number of furan rings is 1. The molecule has 0 aliphatic carbocycles. The molecule has 0 aliphatic rings. The second-order valence-corrected chi connectivity index (χ2v) is 10.8. The number of thiazole rings is 1. The maximum absolute atomic E-state index is 12.7. The quantitative estimate of drug-likeness (QED) is 0.363. The third-order valence-corrected chi connectivity index (χ3v) is 7.41. The minimum Gasteiger partial charge on any atom is -0.493 e. The van der Waals surface area contributed by atoms with Gasteiger partial charge in [0.1, 0.15) is 17.1 Å². The zero-order valence-corrected chi connectivity index (χ0v) is 20.6. The van der Waals surface area contributed by atoms with Crippen molar-refractivity contribution in [3.63, 3.8) is 0 Å². The van der Waals surface area contributed by atoms with Gasteiger partial charge in [0.2, 0.25) is 5.91 Å². The first kappa shape index (κ1) is 23.0. The molecule has 9 heteroatoms. The molecule has 0 atom stereocenters. The summed E-state index contributed by atoms with van der Waals surface area (Å²) in [5.74, 6) is 1.16. The van der Waals surface area contributed by atoms with E-state index in [0.717, 1.165) is 39.7 Å². The smallest absolute Gasteiger partial charge is 0.250 e. The van der Waals surface area contributed by atoms with E-state index in [2.05, 4.69) is 10.3 Å². The van der Waals surface area contributed by atoms with E-state index >= 15 is 0 Å². The number of allylic oxidation sites excluding steroid dienone is 1. The van der Waals surface area contributed by atoms with Crippen LogP contribution in [0.3, 0.4) is 0 Å². The van der Waals surface area contributed by atoms with Crippen LogP contribution in [-0.4, -0.2) is 32.2 Å². The molecule has 1 amide bonds. The van der Waals surface area contributed by atoms with Crippen molar-refractivity contribution in [2.75, 3.05) is 18.2 Å². The highest BCUT2D eigenvalue weighted by Gasteiger charge is 2.16. The minimum atomic E-state index is -3.32. The third-order valence-electron chi connectivity index (χ3n) is 5.37. The van der Waals surface area contributed by atoms with Crippen molar-refractivity contribution >= 4 is 59.0 Å². The third kappa shape index (κ3) is 4.65. The molecule has 33 heavy (non-hydrogen) atoms. The Kier molecular flexibility index (Phi) is 6.02. The molecule has 0 saturated heterocycles. The van der Waals surface area contributed by atoms with E-state index in [4.69, 9.17) is 9.15 Å². The van der Waals surface area contributed by atoms with E-state index in [1.54, 1.807) is 12.1 Å². The molecule has 7 nitrogen and oxygen atoms in total. The van der Waals surface area contributed by atoms with Gasteiger partial charge in [-0.05, 0) is 63.1 Å². The summed E-state index contributed by atoms with van der Waals surface area (Å²) in [5.41, 5.74) is 3.97. The van der Waals surface area contributed by atoms with Crippen molar-refractivity contribution in [2.24, 2.45) is 0 Å². The molecule has 0 spiro atoms. The molecule has 4 rings (SSSR count). The van der Waals surface area contributed by atoms with Crippen LogP contribution in [0.2, 0.25) is 0 Å². The van der Waals surface area contributed by atoms with Gasteiger partial charge in [0.25, 0.3) is 0 Å². The van der Waals surface area contributed by atoms with Gasteiger partial charge in [-0.25, -0.2) is 13.4 Å². The molecule has 0 fully saturated rings. The van der Waals surface area contributed by atoms with Gasteiger partial charge in [-0.15, -0.1) is 0 Å². The number of aromatic nitrogens is 1. The molecular formula is C24H24N2O5S2. The predicted octanol–water partition coefficient (Wildman–Crippen LogP) is 5.50. The van der Waals surface area contributed by atoms with E-state index in [1.165, 1.54) is 23.5 Å². The number of aryl methyl sites for hydroxylation is 2. The molecule has 0 saturated carbocycles. The number of hydrogen-bond donors (Lipinski definition) is 1. The van der Waals surface area contributed by atoms with Gasteiger partial charge in [-0.2, -0.15) is 0 Å². The van der Waals surface area contributed by atoms with Crippen molar-refractivity contribution in [1.29, 1.82) is 0 Å². The Labute approximate surface area is 196 Å². The summed E-state index contributed by atoms with van der Waals surface area (Å²) in [6.07, 6.45) is 2.66. The van der Waals surface area contributed by atoms with Crippen LogP contribution in [0, 0.1) is 13.8 Å². The van der Waals surface area contributed by atoms with E-state index < -0.39 is 9.84 Å². The Bertz CT molecular complexity index is 1530. The van der Waals surface area contributed by atoms with Gasteiger partial charge in [-0.1, -0.05) is 11.3 Å². The lowest BCUT2D eigenvalue weighted by atomic mass is 10.0. The summed E-state index contributed by atoms with van der Waals surface area (Å²) in [7, 11) is -3.32. The molecule has 1 N–H and O–H groups in total. The Morgan fingerprint density at radius 1 is 1.24 bits per heavy atom. The Morgan fingerprint density at radius 2 is 2.00 bits per heavy atom. The number of nitrogens with zero attached hydrogens (tertiary/aromatic N) is 1. The summed E-state index contributed by atoms with van der Waals surface area (Å²) in [6.45, 7) is 8.16. The van der Waals surface area contributed by atoms with E-state index in [0.29, 0.717) is 27.7 Å². The molecule has 2 aromatic heterocycles. The maximum Gasteiger partial charge on any atom is 0.250 e. The monoisotopic (exact) mass is 484 g/mol. The molecule has 0 aliphatic heterocycles. The molecule has 0 bridgehead atoms. The summed E-state index contributed by atoms with van der Waals surface area (Å²) in [6, 6.07) is 8.56. The fourth-order valence-electron chi connectivity index (χ4n) is 3.56. The van der Waals surface area contributed by atoms with Crippen LogP contribution >= 0.6 is 11.3 Å². The normalized spacial score (nSPS) is 12.5. The number of nitrogens with one attached hydrogen (secondary N) is 1. The lowest BCUT2D eigenvalue weighted by Crippen LogP contribution is -2.08. The molecule has 2 heterocycles. The fraction of sp³-hybridized carbons (Fsp3) is 0.250. The summed E-state index contributed by atoms with van der Waals surface area (Å²) in [5, 5.41) is 4.15. The molecule has 4 aromatic rings. The Morgan fingerprint density at radius 3 is 2.70 bits per heavy atom. The maximum atomic E-state index is 12.7. The standard InChI is InChI=1S/C24H24N2O5S2/c1-6-30-20-12-21-18(14(3)15(4)31-21)11-17(20)13(2)9-23(27)26-24-25-19-8-7-16(33(5,28)29)10-22(19)32-24/h7-12H,6H2,1-5H3,(H,25,26,27)/b13-9+. The summed E-state index contributed by atoms with van der Waals surface area (Å²) in [4.78, 5) is 17.3. The van der Waals surface area contributed by atoms with Crippen LogP contribution in [-0.2, 0) is 14.6 Å². The highest BCUT2D eigenvalue weighted by Crippen LogP contribution is 2.35. The zero-order valence-electron chi connectivity index (χ0n) is 19.0. The first-order valence-electron chi connectivity index (χ1n) is 10.3. The van der Waals surface area contributed by atoms with Crippen molar-refractivity contribution in [3.8, 4) is 5.75 Å². The first-order chi connectivity index (χ1) is 15.6. The number of hydrogen-bond acceptors (Lipinski definition) is 7. The van der Waals surface area contributed by atoms with Crippen molar-refractivity contribution in [2.45, 2.75) is 32.6 Å². The SMILES string of the molecule is CCOc1cc2oc(C)c(C)c2cc1/C(C)=C/C(=O)Nc1nc2ccc(S(C)(=O)=O)cc2s1. The minimum absolute atomic E-state index is 0.218. The second kappa shape index (κ2) is 8.64. The highest BCUT2D eigenvalue weighted by atomic mass is 32.2. The second-order valence-electron chi connectivity index (χ2n) is 7.80. The van der Waals surface area contributed by atoms with Gasteiger partial charge < -0.3 is 9.15 Å². The number of anilines is 1. The van der Waals surface area contributed by atoms with E-state index in [9.17, 15) is 13.2 Å². The lowest BCUT2D eigenvalue weighted by Gasteiger charge is -2.11. The molecule has 172 valence electrons. The Balaban J connectivity index is 1.64. The number of fused-ring (bicyclic) bond motifs is 2. The number of ether oxygens (including phenoxy) is 1. The summed E-state index contributed by atoms with van der Waals surface area (Å²) >= 11 is 1.22. The fourth-order valence-corrected chi connectivity index (χ4v) is 5.19. The lowest BCUT2D eigenvalue weighted by molar-refractivity contribution is -0.111. The van der Waals surface area contributed by atoms with Crippen LogP contribution in [0.5, 0.6) is 5.75 Å². The number of rotatable bonds is 6. The van der Waals surface area contributed by atoms with Gasteiger partial charge in [-0.3, -0.25) is 10.1 Å². The van der Waals surface area contributed by atoms with E-state index in [1.807, 2.05) is 39.8 Å². The topological polar surface area (TPSA) is 98.5 Å². The number of carbonyl (C=O) groups excluding carboxylic acids is 1. The molecular weight excluding hydrogens is 460 g/mol.